The second kappa shape index (κ2) is 7.04. The summed E-state index contributed by atoms with van der Waals surface area (Å²) in [5.41, 5.74) is 2.09. The number of hydrogen-bond donors (Lipinski definition) is 2. The van der Waals surface area contributed by atoms with E-state index in [2.05, 4.69) is 24.1 Å². The van der Waals surface area contributed by atoms with Gasteiger partial charge in [0.2, 0.25) is 0 Å². The second-order valence-electron chi connectivity index (χ2n) is 5.73. The quantitative estimate of drug-likeness (QED) is 0.814. The van der Waals surface area contributed by atoms with Crippen LogP contribution >= 0.6 is 0 Å². The predicted molar refractivity (Wildman–Crippen MR) is 80.4 cm³/mol. The molecule has 0 saturated carbocycles. The highest BCUT2D eigenvalue weighted by Gasteiger charge is 2.25. The minimum absolute atomic E-state index is 0.188. The summed E-state index contributed by atoms with van der Waals surface area (Å²) in [6.07, 6.45) is 1.63. The topological polar surface area (TPSA) is 35.5 Å². The molecule has 2 rings (SSSR count). The summed E-state index contributed by atoms with van der Waals surface area (Å²) >= 11 is 0. The van der Waals surface area contributed by atoms with E-state index >= 15 is 0 Å². The van der Waals surface area contributed by atoms with Gasteiger partial charge in [0.25, 0.3) is 0 Å². The van der Waals surface area contributed by atoms with Crippen LogP contribution in [0.3, 0.4) is 0 Å². The first kappa shape index (κ1) is 15.3. The van der Waals surface area contributed by atoms with E-state index in [1.54, 1.807) is 6.07 Å². The number of nitrogens with zero attached hydrogens (tertiary/aromatic N) is 1. The van der Waals surface area contributed by atoms with Crippen molar-refractivity contribution in [3.05, 3.63) is 29.6 Å². The number of aliphatic hydroxyl groups is 1. The molecule has 0 bridgehead atoms. The first-order valence-corrected chi connectivity index (χ1v) is 7.54. The van der Waals surface area contributed by atoms with Gasteiger partial charge in [-0.1, -0.05) is 13.8 Å². The fraction of sp³-hybridized carbons (Fsp3) is 0.625. The highest BCUT2D eigenvalue weighted by atomic mass is 19.1. The molecule has 4 heteroatoms. The average Bonchev–Trinajstić information content (AvgIpc) is 2.43. The van der Waals surface area contributed by atoms with Gasteiger partial charge in [0.1, 0.15) is 5.82 Å². The summed E-state index contributed by atoms with van der Waals surface area (Å²) in [4.78, 5) is 2.26. The highest BCUT2D eigenvalue weighted by molar-refractivity contribution is 5.54. The molecule has 3 nitrogen and oxygen atoms in total. The molecule has 2 atom stereocenters. The van der Waals surface area contributed by atoms with Gasteiger partial charge in [-0.15, -0.1) is 0 Å². The Morgan fingerprint density at radius 2 is 2.25 bits per heavy atom. The van der Waals surface area contributed by atoms with Crippen LogP contribution in [0, 0.1) is 11.7 Å². The lowest BCUT2D eigenvalue weighted by Gasteiger charge is -2.37. The van der Waals surface area contributed by atoms with Gasteiger partial charge in [-0.2, -0.15) is 0 Å². The molecule has 2 N–H and O–H groups in total. The molecule has 0 amide bonds. The van der Waals surface area contributed by atoms with Gasteiger partial charge >= 0.3 is 0 Å². The second-order valence-corrected chi connectivity index (χ2v) is 5.73. The Balaban J connectivity index is 2.13. The smallest absolute Gasteiger partial charge is 0.123 e. The minimum atomic E-state index is -0.214. The van der Waals surface area contributed by atoms with Crippen LogP contribution in [0.15, 0.2) is 18.2 Å². The number of piperidine rings is 1. The average molecular weight is 280 g/mol. The molecular formula is C16H25FN2O. The van der Waals surface area contributed by atoms with Crippen LogP contribution in [0.4, 0.5) is 10.1 Å². The maximum absolute atomic E-state index is 13.5. The standard InChI is InChI=1S/C16H25FN2O/c1-3-7-18-10-13-9-14(17)4-5-15(13)19-8-6-16(20)12(2)11-19/h4-5,9,12,16,18,20H,3,6-8,10-11H2,1-2H3. The van der Waals surface area contributed by atoms with Crippen molar-refractivity contribution >= 4 is 5.69 Å². The molecule has 0 radical (unpaired) electrons. The zero-order chi connectivity index (χ0) is 14.5. The number of anilines is 1. The van der Waals surface area contributed by atoms with E-state index in [-0.39, 0.29) is 17.8 Å². The van der Waals surface area contributed by atoms with Crippen molar-refractivity contribution in [1.82, 2.24) is 5.32 Å². The Labute approximate surface area is 120 Å². The van der Waals surface area contributed by atoms with Gasteiger partial charge < -0.3 is 15.3 Å². The van der Waals surface area contributed by atoms with Crippen molar-refractivity contribution in [1.29, 1.82) is 0 Å². The maximum atomic E-state index is 13.5. The van der Waals surface area contributed by atoms with Crippen LogP contribution in [0.1, 0.15) is 32.3 Å². The Hall–Kier alpha value is -1.13. The molecule has 1 saturated heterocycles. The Kier molecular flexibility index (Phi) is 5.38. The SMILES string of the molecule is CCCNCc1cc(F)ccc1N1CCC(O)C(C)C1. The molecule has 0 spiro atoms. The lowest BCUT2D eigenvalue weighted by Crippen LogP contribution is -2.42. The normalized spacial score (nSPS) is 23.1. The van der Waals surface area contributed by atoms with Gasteiger partial charge in [0.05, 0.1) is 6.10 Å². The Morgan fingerprint density at radius 3 is 2.95 bits per heavy atom. The molecule has 1 aliphatic heterocycles. The minimum Gasteiger partial charge on any atom is -0.393 e. The van der Waals surface area contributed by atoms with Gasteiger partial charge in [-0.05, 0) is 49.1 Å². The van der Waals surface area contributed by atoms with E-state index in [1.165, 1.54) is 6.07 Å². The van der Waals surface area contributed by atoms with Gasteiger partial charge in [0.15, 0.2) is 0 Å². The molecule has 0 aliphatic carbocycles. The zero-order valence-corrected chi connectivity index (χ0v) is 12.4. The van der Waals surface area contributed by atoms with Crippen LogP contribution in [-0.4, -0.2) is 30.8 Å². The molecular weight excluding hydrogens is 255 g/mol. The number of nitrogens with one attached hydrogen (secondary N) is 1. The van der Waals surface area contributed by atoms with Crippen LogP contribution in [-0.2, 0) is 6.54 Å². The van der Waals surface area contributed by atoms with Crippen LogP contribution in [0.2, 0.25) is 0 Å². The Bertz CT molecular complexity index is 438. The van der Waals surface area contributed by atoms with Crippen LogP contribution < -0.4 is 10.2 Å². The van der Waals surface area contributed by atoms with Crippen molar-refractivity contribution in [3.8, 4) is 0 Å². The van der Waals surface area contributed by atoms with E-state index < -0.39 is 0 Å². The fourth-order valence-corrected chi connectivity index (χ4v) is 2.76. The number of benzene rings is 1. The number of aliphatic hydroxyl groups excluding tert-OH is 1. The van der Waals surface area contributed by atoms with E-state index in [4.69, 9.17) is 0 Å². The third kappa shape index (κ3) is 3.70. The van der Waals surface area contributed by atoms with Crippen molar-refractivity contribution in [2.75, 3.05) is 24.5 Å². The molecule has 112 valence electrons. The molecule has 1 aliphatic rings. The molecule has 0 aromatic heterocycles. The van der Waals surface area contributed by atoms with Gasteiger partial charge in [-0.3, -0.25) is 0 Å². The highest BCUT2D eigenvalue weighted by Crippen LogP contribution is 2.27. The third-order valence-corrected chi connectivity index (χ3v) is 3.98. The third-order valence-electron chi connectivity index (χ3n) is 3.98. The van der Waals surface area contributed by atoms with E-state index in [0.717, 1.165) is 43.7 Å². The van der Waals surface area contributed by atoms with Crippen molar-refractivity contribution < 1.29 is 9.50 Å². The summed E-state index contributed by atoms with van der Waals surface area (Å²) in [5, 5.41) is 13.2. The summed E-state index contributed by atoms with van der Waals surface area (Å²) in [6.45, 7) is 7.47. The van der Waals surface area contributed by atoms with Crippen molar-refractivity contribution in [3.63, 3.8) is 0 Å². The first-order chi connectivity index (χ1) is 9.61. The summed E-state index contributed by atoms with van der Waals surface area (Å²) in [5.74, 6) is 0.0670. The molecule has 1 heterocycles. The summed E-state index contributed by atoms with van der Waals surface area (Å²) in [6, 6.07) is 5.00. The molecule has 1 fully saturated rings. The molecule has 1 aromatic carbocycles. The predicted octanol–water partition coefficient (Wildman–Crippen LogP) is 2.53. The molecule has 2 unspecified atom stereocenters. The maximum Gasteiger partial charge on any atom is 0.123 e. The lowest BCUT2D eigenvalue weighted by atomic mass is 9.95. The van der Waals surface area contributed by atoms with E-state index in [0.29, 0.717) is 6.54 Å². The van der Waals surface area contributed by atoms with E-state index in [9.17, 15) is 9.50 Å². The van der Waals surface area contributed by atoms with Crippen LogP contribution in [0.5, 0.6) is 0 Å². The monoisotopic (exact) mass is 280 g/mol. The van der Waals surface area contributed by atoms with Crippen molar-refractivity contribution in [2.45, 2.75) is 39.3 Å². The van der Waals surface area contributed by atoms with E-state index in [1.807, 2.05) is 6.07 Å². The summed E-state index contributed by atoms with van der Waals surface area (Å²) in [7, 11) is 0. The largest absolute Gasteiger partial charge is 0.393 e. The fourth-order valence-electron chi connectivity index (χ4n) is 2.76. The lowest BCUT2D eigenvalue weighted by molar-refractivity contribution is 0.0970. The van der Waals surface area contributed by atoms with Crippen LogP contribution in [0.25, 0.3) is 0 Å². The molecule has 1 aromatic rings. The Morgan fingerprint density at radius 1 is 1.45 bits per heavy atom. The van der Waals surface area contributed by atoms with Gasteiger partial charge in [0, 0.05) is 25.3 Å². The zero-order valence-electron chi connectivity index (χ0n) is 12.4. The van der Waals surface area contributed by atoms with Gasteiger partial charge in [-0.25, -0.2) is 4.39 Å². The number of hydrogen-bond acceptors (Lipinski definition) is 3. The number of halogens is 1. The summed E-state index contributed by atoms with van der Waals surface area (Å²) < 4.78 is 13.5. The first-order valence-electron chi connectivity index (χ1n) is 7.54. The number of rotatable bonds is 5. The van der Waals surface area contributed by atoms with Crippen molar-refractivity contribution in [2.24, 2.45) is 5.92 Å². The molecule has 20 heavy (non-hydrogen) atoms.